The zero-order valence-electron chi connectivity index (χ0n) is 11.5. The number of aromatic amines is 1. The van der Waals surface area contributed by atoms with Crippen LogP contribution in [0.1, 0.15) is 17.1 Å². The van der Waals surface area contributed by atoms with Crippen molar-refractivity contribution in [3.63, 3.8) is 0 Å². The van der Waals surface area contributed by atoms with Gasteiger partial charge in [-0.15, -0.1) is 0 Å². The van der Waals surface area contributed by atoms with E-state index in [2.05, 4.69) is 15.0 Å². The summed E-state index contributed by atoms with van der Waals surface area (Å²) in [5, 5.41) is 0.106. The highest BCUT2D eigenvalue weighted by atomic mass is 19.4. The lowest BCUT2D eigenvalue weighted by Crippen LogP contribution is -2.13. The van der Waals surface area contributed by atoms with Crippen molar-refractivity contribution in [2.24, 2.45) is 0 Å². The van der Waals surface area contributed by atoms with Crippen molar-refractivity contribution in [3.05, 3.63) is 69.8 Å². The van der Waals surface area contributed by atoms with Gasteiger partial charge in [-0.2, -0.15) is 13.2 Å². The molecule has 1 N–H and O–H groups in total. The third-order valence-electron chi connectivity index (χ3n) is 3.22. The average molecular weight is 323 g/mol. The molecule has 118 valence electrons. The third kappa shape index (κ3) is 3.20. The van der Waals surface area contributed by atoms with Gasteiger partial charge in [-0.1, -0.05) is 0 Å². The largest absolute Gasteiger partial charge is 0.417 e. The molecule has 3 aromatic rings. The zero-order valence-corrected chi connectivity index (χ0v) is 11.5. The van der Waals surface area contributed by atoms with E-state index in [1.807, 2.05) is 0 Å². The van der Waals surface area contributed by atoms with Gasteiger partial charge in [0.25, 0.3) is 5.56 Å². The first-order valence-corrected chi connectivity index (χ1v) is 6.53. The van der Waals surface area contributed by atoms with Crippen LogP contribution < -0.4 is 5.56 Å². The number of alkyl halides is 3. The second-order valence-electron chi connectivity index (χ2n) is 4.89. The first-order chi connectivity index (χ1) is 10.8. The standard InChI is InChI=1S/C15H9F4N3O/c16-9-2-4-12-11(5-9)14(23)22-13(21-12)6-10-3-1-8(7-20-10)15(17,18)19/h1-5,7H,6H2,(H,21,22,23). The lowest BCUT2D eigenvalue weighted by molar-refractivity contribution is -0.137. The molecule has 0 saturated heterocycles. The van der Waals surface area contributed by atoms with Crippen LogP contribution in [0.2, 0.25) is 0 Å². The Morgan fingerprint density at radius 1 is 1.13 bits per heavy atom. The van der Waals surface area contributed by atoms with Crippen molar-refractivity contribution in [1.82, 2.24) is 15.0 Å². The Balaban J connectivity index is 1.93. The SMILES string of the molecule is O=c1[nH]c(Cc2ccc(C(F)(F)F)cn2)nc2ccc(F)cc12. The van der Waals surface area contributed by atoms with Gasteiger partial charge < -0.3 is 4.98 Å². The zero-order chi connectivity index (χ0) is 16.6. The predicted molar refractivity (Wildman–Crippen MR) is 74.4 cm³/mol. The van der Waals surface area contributed by atoms with Gasteiger partial charge in [0.1, 0.15) is 11.6 Å². The first kappa shape index (κ1) is 15.1. The fourth-order valence-electron chi connectivity index (χ4n) is 2.11. The lowest BCUT2D eigenvalue weighted by Gasteiger charge is -2.07. The van der Waals surface area contributed by atoms with E-state index in [-0.39, 0.29) is 17.6 Å². The maximum absolute atomic E-state index is 13.1. The number of nitrogens with one attached hydrogen (secondary N) is 1. The molecular weight excluding hydrogens is 314 g/mol. The molecule has 0 amide bonds. The molecule has 0 saturated carbocycles. The second kappa shape index (κ2) is 5.45. The molecule has 4 nitrogen and oxygen atoms in total. The number of fused-ring (bicyclic) bond motifs is 1. The Morgan fingerprint density at radius 2 is 1.91 bits per heavy atom. The smallest absolute Gasteiger partial charge is 0.310 e. The molecule has 0 unspecified atom stereocenters. The van der Waals surface area contributed by atoms with Crippen LogP contribution in [0.25, 0.3) is 10.9 Å². The minimum absolute atomic E-state index is 0.0562. The second-order valence-corrected chi connectivity index (χ2v) is 4.89. The Morgan fingerprint density at radius 3 is 2.57 bits per heavy atom. The quantitative estimate of drug-likeness (QED) is 0.737. The number of benzene rings is 1. The Hall–Kier alpha value is -2.77. The van der Waals surface area contributed by atoms with Crippen molar-refractivity contribution in [2.45, 2.75) is 12.6 Å². The molecule has 8 heteroatoms. The van der Waals surface area contributed by atoms with Crippen LogP contribution in [0, 0.1) is 5.82 Å². The summed E-state index contributed by atoms with van der Waals surface area (Å²) in [5.74, 6) is -0.316. The topological polar surface area (TPSA) is 58.6 Å². The molecule has 2 aromatic heterocycles. The highest BCUT2D eigenvalue weighted by Crippen LogP contribution is 2.28. The molecule has 0 radical (unpaired) electrons. The van der Waals surface area contributed by atoms with Crippen LogP contribution >= 0.6 is 0 Å². The summed E-state index contributed by atoms with van der Waals surface area (Å²) in [7, 11) is 0. The molecule has 23 heavy (non-hydrogen) atoms. The van der Waals surface area contributed by atoms with Crippen LogP contribution in [0.5, 0.6) is 0 Å². The summed E-state index contributed by atoms with van der Waals surface area (Å²) in [6, 6.07) is 5.74. The molecule has 1 aromatic carbocycles. The van der Waals surface area contributed by atoms with Crippen LogP contribution in [-0.2, 0) is 12.6 Å². The molecule has 0 spiro atoms. The number of rotatable bonds is 2. The molecule has 0 fully saturated rings. The molecule has 0 atom stereocenters. The average Bonchev–Trinajstić information content (AvgIpc) is 2.48. The van der Waals surface area contributed by atoms with E-state index in [0.717, 1.165) is 18.3 Å². The van der Waals surface area contributed by atoms with Gasteiger partial charge in [0.2, 0.25) is 0 Å². The predicted octanol–water partition coefficient (Wildman–Crippen LogP) is 3.07. The maximum atomic E-state index is 13.1. The number of pyridine rings is 1. The minimum atomic E-state index is -4.45. The van der Waals surface area contributed by atoms with Crippen LogP contribution in [0.3, 0.4) is 0 Å². The summed E-state index contributed by atoms with van der Waals surface area (Å²) in [6.45, 7) is 0. The highest BCUT2D eigenvalue weighted by molar-refractivity contribution is 5.77. The lowest BCUT2D eigenvalue weighted by atomic mass is 10.2. The van der Waals surface area contributed by atoms with E-state index < -0.39 is 23.1 Å². The van der Waals surface area contributed by atoms with E-state index in [0.29, 0.717) is 11.2 Å². The van der Waals surface area contributed by atoms with E-state index in [4.69, 9.17) is 0 Å². The van der Waals surface area contributed by atoms with Gasteiger partial charge in [-0.25, -0.2) is 9.37 Å². The highest BCUT2D eigenvalue weighted by Gasteiger charge is 2.30. The molecular formula is C15H9F4N3O. The van der Waals surface area contributed by atoms with Crippen LogP contribution in [0.4, 0.5) is 17.6 Å². The Bertz CT molecular complexity index is 917. The molecule has 0 aliphatic carbocycles. The maximum Gasteiger partial charge on any atom is 0.417 e. The van der Waals surface area contributed by atoms with E-state index in [1.54, 1.807) is 0 Å². The van der Waals surface area contributed by atoms with Gasteiger partial charge in [0.05, 0.1) is 16.5 Å². The summed E-state index contributed by atoms with van der Waals surface area (Å²) < 4.78 is 50.5. The summed E-state index contributed by atoms with van der Waals surface area (Å²) in [5.41, 5.74) is -0.743. The van der Waals surface area contributed by atoms with E-state index in [1.165, 1.54) is 18.2 Å². The number of hydrogen-bond donors (Lipinski definition) is 1. The van der Waals surface area contributed by atoms with Crippen molar-refractivity contribution in [2.75, 3.05) is 0 Å². The summed E-state index contributed by atoms with van der Waals surface area (Å²) in [4.78, 5) is 22.3. The van der Waals surface area contributed by atoms with Crippen molar-refractivity contribution in [3.8, 4) is 0 Å². The van der Waals surface area contributed by atoms with E-state index in [9.17, 15) is 22.4 Å². The Labute approximate surface area is 126 Å². The molecule has 0 bridgehead atoms. The first-order valence-electron chi connectivity index (χ1n) is 6.53. The van der Waals surface area contributed by atoms with Gasteiger partial charge in [0, 0.05) is 18.3 Å². The molecule has 2 heterocycles. The normalized spacial score (nSPS) is 11.8. The number of halogens is 4. The van der Waals surface area contributed by atoms with Gasteiger partial charge in [0.15, 0.2) is 0 Å². The summed E-state index contributed by atoms with van der Waals surface area (Å²) >= 11 is 0. The summed E-state index contributed by atoms with van der Waals surface area (Å²) in [6.07, 6.45) is -3.67. The fraction of sp³-hybridized carbons (Fsp3) is 0.133. The van der Waals surface area contributed by atoms with Crippen molar-refractivity contribution >= 4 is 10.9 Å². The van der Waals surface area contributed by atoms with Gasteiger partial charge in [-0.3, -0.25) is 9.78 Å². The third-order valence-corrected chi connectivity index (χ3v) is 3.22. The molecule has 0 aliphatic heterocycles. The minimum Gasteiger partial charge on any atom is -0.310 e. The number of nitrogens with zero attached hydrogens (tertiary/aromatic N) is 2. The number of H-pyrrole nitrogens is 1. The monoisotopic (exact) mass is 323 g/mol. The molecule has 0 aliphatic rings. The van der Waals surface area contributed by atoms with Gasteiger partial charge >= 0.3 is 6.18 Å². The van der Waals surface area contributed by atoms with Crippen LogP contribution in [0.15, 0.2) is 41.3 Å². The Kier molecular flexibility index (Phi) is 3.59. The fourth-order valence-corrected chi connectivity index (χ4v) is 2.11. The van der Waals surface area contributed by atoms with Crippen molar-refractivity contribution < 1.29 is 17.6 Å². The van der Waals surface area contributed by atoms with Crippen LogP contribution in [-0.4, -0.2) is 15.0 Å². The van der Waals surface area contributed by atoms with Crippen molar-refractivity contribution in [1.29, 1.82) is 0 Å². The number of aromatic nitrogens is 3. The van der Waals surface area contributed by atoms with Gasteiger partial charge in [-0.05, 0) is 30.3 Å². The van der Waals surface area contributed by atoms with E-state index >= 15 is 0 Å². The number of hydrogen-bond acceptors (Lipinski definition) is 3. The molecule has 3 rings (SSSR count).